The highest BCUT2D eigenvalue weighted by Gasteiger charge is 2.34. The Morgan fingerprint density at radius 2 is 2.20 bits per heavy atom. The molecule has 1 fully saturated rings. The van der Waals surface area contributed by atoms with Crippen molar-refractivity contribution in [2.45, 2.75) is 26.3 Å². The molecule has 1 unspecified atom stereocenters. The van der Waals surface area contributed by atoms with Crippen molar-refractivity contribution < 1.29 is 23.8 Å². The van der Waals surface area contributed by atoms with Crippen LogP contribution in [0.2, 0.25) is 0 Å². The summed E-state index contributed by atoms with van der Waals surface area (Å²) in [5, 5.41) is 2.89. The first-order valence-electron chi connectivity index (χ1n) is 8.69. The Balaban J connectivity index is 1.48. The lowest BCUT2D eigenvalue weighted by Crippen LogP contribution is -2.33. The number of hydrogen-bond donors (Lipinski definition) is 1. The van der Waals surface area contributed by atoms with E-state index in [4.69, 9.17) is 14.2 Å². The second-order valence-corrected chi connectivity index (χ2v) is 6.20. The van der Waals surface area contributed by atoms with Gasteiger partial charge in [0.15, 0.2) is 11.5 Å². The summed E-state index contributed by atoms with van der Waals surface area (Å²) in [6.45, 7) is 4.99. The normalized spacial score (nSPS) is 18.7. The van der Waals surface area contributed by atoms with Gasteiger partial charge in [0.1, 0.15) is 0 Å². The third-order valence-electron chi connectivity index (χ3n) is 4.36. The van der Waals surface area contributed by atoms with Crippen LogP contribution >= 0.6 is 0 Å². The molecule has 0 saturated carbocycles. The molecule has 0 aromatic heterocycles. The van der Waals surface area contributed by atoms with Crippen LogP contribution in [0.15, 0.2) is 18.2 Å². The Bertz CT molecular complexity index is 634. The second-order valence-electron chi connectivity index (χ2n) is 6.20. The number of nitrogens with zero attached hydrogens (tertiary/aromatic N) is 1. The Morgan fingerprint density at radius 1 is 1.36 bits per heavy atom. The van der Waals surface area contributed by atoms with Crippen molar-refractivity contribution in [3.8, 4) is 11.5 Å². The monoisotopic (exact) mass is 348 g/mol. The maximum absolute atomic E-state index is 12.2. The highest BCUT2D eigenvalue weighted by molar-refractivity contribution is 5.89. The number of carbonyl (C=O) groups is 2. The van der Waals surface area contributed by atoms with Gasteiger partial charge in [0.25, 0.3) is 0 Å². The van der Waals surface area contributed by atoms with Crippen LogP contribution < -0.4 is 14.8 Å². The molecule has 7 nitrogen and oxygen atoms in total. The van der Waals surface area contributed by atoms with E-state index in [1.54, 1.807) is 4.90 Å². The van der Waals surface area contributed by atoms with Crippen LogP contribution in [0.4, 0.5) is 0 Å². The average molecular weight is 348 g/mol. The highest BCUT2D eigenvalue weighted by Crippen LogP contribution is 2.33. The van der Waals surface area contributed by atoms with Crippen LogP contribution in [0.5, 0.6) is 11.5 Å². The summed E-state index contributed by atoms with van der Waals surface area (Å²) in [6, 6.07) is 5.65. The van der Waals surface area contributed by atoms with Gasteiger partial charge in [0.05, 0.1) is 5.92 Å². The van der Waals surface area contributed by atoms with Gasteiger partial charge in [-0.25, -0.2) is 0 Å². The molecule has 1 aromatic carbocycles. The minimum Gasteiger partial charge on any atom is -0.454 e. The van der Waals surface area contributed by atoms with Crippen molar-refractivity contribution >= 4 is 11.8 Å². The third kappa shape index (κ3) is 4.42. The number of hydrogen-bond acceptors (Lipinski definition) is 5. The summed E-state index contributed by atoms with van der Waals surface area (Å²) in [4.78, 5) is 26.1. The van der Waals surface area contributed by atoms with Crippen molar-refractivity contribution in [2.24, 2.45) is 5.92 Å². The fraction of sp³-hybridized carbons (Fsp3) is 0.556. The molecule has 0 aliphatic carbocycles. The number of likely N-dealkylation sites (tertiary alicyclic amines) is 1. The zero-order valence-corrected chi connectivity index (χ0v) is 14.5. The largest absolute Gasteiger partial charge is 0.454 e. The Labute approximate surface area is 147 Å². The molecule has 2 aliphatic heterocycles. The van der Waals surface area contributed by atoms with E-state index in [9.17, 15) is 9.59 Å². The van der Waals surface area contributed by atoms with Crippen molar-refractivity contribution in [1.82, 2.24) is 10.2 Å². The number of ether oxygens (including phenoxy) is 3. The fourth-order valence-corrected chi connectivity index (χ4v) is 3.03. The predicted molar refractivity (Wildman–Crippen MR) is 90.2 cm³/mol. The van der Waals surface area contributed by atoms with Gasteiger partial charge in [-0.2, -0.15) is 0 Å². The molecule has 1 atom stereocenters. The molecule has 25 heavy (non-hydrogen) atoms. The second kappa shape index (κ2) is 8.20. The molecule has 0 radical (unpaired) electrons. The van der Waals surface area contributed by atoms with E-state index in [2.05, 4.69) is 5.32 Å². The van der Waals surface area contributed by atoms with Gasteiger partial charge in [0.2, 0.25) is 18.6 Å². The molecule has 7 heteroatoms. The maximum Gasteiger partial charge on any atom is 0.231 e. The highest BCUT2D eigenvalue weighted by atomic mass is 16.7. The summed E-state index contributed by atoms with van der Waals surface area (Å²) in [5.74, 6) is 1.09. The minimum atomic E-state index is -0.284. The average Bonchev–Trinajstić information content (AvgIpc) is 3.21. The van der Waals surface area contributed by atoms with Crippen molar-refractivity contribution in [1.29, 1.82) is 0 Å². The van der Waals surface area contributed by atoms with E-state index in [1.165, 1.54) is 0 Å². The molecule has 2 heterocycles. The summed E-state index contributed by atoms with van der Waals surface area (Å²) in [7, 11) is 0. The smallest absolute Gasteiger partial charge is 0.231 e. The van der Waals surface area contributed by atoms with Crippen LogP contribution in [0, 0.1) is 5.92 Å². The number of nitrogens with one attached hydrogen (secondary N) is 1. The van der Waals surface area contributed by atoms with E-state index < -0.39 is 0 Å². The van der Waals surface area contributed by atoms with Crippen molar-refractivity contribution in [3.63, 3.8) is 0 Å². The number of carbonyl (C=O) groups excluding carboxylic acids is 2. The van der Waals surface area contributed by atoms with E-state index in [0.29, 0.717) is 38.6 Å². The first-order valence-corrected chi connectivity index (χ1v) is 8.69. The van der Waals surface area contributed by atoms with Crippen molar-refractivity contribution in [2.75, 3.05) is 33.1 Å². The number of rotatable bonds is 8. The molecule has 0 spiro atoms. The lowest BCUT2D eigenvalue weighted by molar-refractivity contribution is -0.129. The Kier molecular flexibility index (Phi) is 5.75. The molecule has 1 saturated heterocycles. The lowest BCUT2D eigenvalue weighted by atomic mass is 10.1. The molecule has 3 rings (SSSR count). The van der Waals surface area contributed by atoms with E-state index in [-0.39, 0.29) is 30.9 Å². The van der Waals surface area contributed by atoms with Crippen LogP contribution in [0.25, 0.3) is 0 Å². The molecular weight excluding hydrogens is 324 g/mol. The summed E-state index contributed by atoms with van der Waals surface area (Å²) >= 11 is 0. The van der Waals surface area contributed by atoms with Gasteiger partial charge in [-0.15, -0.1) is 0 Å². The van der Waals surface area contributed by atoms with Gasteiger partial charge in [-0.3, -0.25) is 9.59 Å². The standard InChI is InChI=1S/C18H24N2O5/c1-2-23-7-3-6-19-18(22)14-9-17(21)20(11-14)10-13-4-5-15-16(8-13)25-12-24-15/h4-5,8,14H,2-3,6-7,9-12H2,1H3,(H,19,22). The van der Waals surface area contributed by atoms with Crippen LogP contribution in [-0.2, 0) is 20.9 Å². The number of benzene rings is 1. The van der Waals surface area contributed by atoms with Crippen molar-refractivity contribution in [3.05, 3.63) is 23.8 Å². The molecule has 0 bridgehead atoms. The van der Waals surface area contributed by atoms with E-state index in [1.807, 2.05) is 25.1 Å². The predicted octanol–water partition coefficient (Wildman–Crippen LogP) is 1.31. The van der Waals surface area contributed by atoms with Crippen LogP contribution in [0.1, 0.15) is 25.3 Å². The summed E-state index contributed by atoms with van der Waals surface area (Å²) < 4.78 is 15.9. The van der Waals surface area contributed by atoms with Gasteiger partial charge >= 0.3 is 0 Å². The van der Waals surface area contributed by atoms with Gasteiger partial charge in [-0.05, 0) is 31.0 Å². The molecule has 2 aliphatic rings. The first-order chi connectivity index (χ1) is 12.2. The van der Waals surface area contributed by atoms with Crippen LogP contribution in [-0.4, -0.2) is 49.8 Å². The third-order valence-corrected chi connectivity index (χ3v) is 4.36. The quantitative estimate of drug-likeness (QED) is 0.717. The SMILES string of the molecule is CCOCCCNC(=O)C1CC(=O)N(Cc2ccc3c(c2)OCO3)C1. The van der Waals surface area contributed by atoms with E-state index >= 15 is 0 Å². The van der Waals surface area contributed by atoms with Gasteiger partial charge < -0.3 is 24.4 Å². The lowest BCUT2D eigenvalue weighted by Gasteiger charge is -2.17. The van der Waals surface area contributed by atoms with Gasteiger partial charge in [0, 0.05) is 39.3 Å². The fourth-order valence-electron chi connectivity index (χ4n) is 3.03. The maximum atomic E-state index is 12.2. The molecule has 1 N–H and O–H groups in total. The zero-order valence-electron chi connectivity index (χ0n) is 14.5. The topological polar surface area (TPSA) is 77.1 Å². The summed E-state index contributed by atoms with van der Waals surface area (Å²) in [5.41, 5.74) is 0.968. The van der Waals surface area contributed by atoms with E-state index in [0.717, 1.165) is 17.7 Å². The molecule has 1 aromatic rings. The Morgan fingerprint density at radius 3 is 3.04 bits per heavy atom. The molecule has 136 valence electrons. The zero-order chi connectivity index (χ0) is 17.6. The molecule has 2 amide bonds. The van der Waals surface area contributed by atoms with Gasteiger partial charge in [-0.1, -0.05) is 6.07 Å². The summed E-state index contributed by atoms with van der Waals surface area (Å²) in [6.07, 6.45) is 1.04. The van der Waals surface area contributed by atoms with Crippen LogP contribution in [0.3, 0.4) is 0 Å². The first kappa shape index (κ1) is 17.5. The number of fused-ring (bicyclic) bond motifs is 1. The molecular formula is C18H24N2O5. The minimum absolute atomic E-state index is 0.00660. The number of amides is 2. The Hall–Kier alpha value is -2.28.